The van der Waals surface area contributed by atoms with Crippen LogP contribution in [0, 0.1) is 62.3 Å². The van der Waals surface area contributed by atoms with Crippen molar-refractivity contribution in [2.45, 2.75) is 62.3 Å². The number of pyridine rings is 1. The van der Waals surface area contributed by atoms with Crippen molar-refractivity contribution >= 4 is 0 Å². The molecule has 0 saturated heterocycles. The van der Waals surface area contributed by atoms with Crippen LogP contribution in [0.2, 0.25) is 0 Å². The fourth-order valence-corrected chi connectivity index (χ4v) is 2.88. The molecule has 1 heteroatoms. The second-order valence-corrected chi connectivity index (χ2v) is 8.88. The molecule has 0 N–H and O–H groups in total. The van der Waals surface area contributed by atoms with Crippen molar-refractivity contribution in [1.82, 2.24) is 4.98 Å². The third kappa shape index (κ3) is 13.1. The SMILES string of the molecule is Cc1ccc(C)c(C)c1.Cc1ccc(C)cc1.Cc1ccc(C)nc1.Cc1cccc(C)c1. The quantitative estimate of drug-likeness (QED) is 0.266. The Morgan fingerprint density at radius 1 is 0.394 bits per heavy atom. The molecule has 33 heavy (non-hydrogen) atoms. The first kappa shape index (κ1) is 27.8. The molecule has 0 aliphatic rings. The highest BCUT2D eigenvalue weighted by molar-refractivity contribution is 5.28. The van der Waals surface area contributed by atoms with Crippen molar-refractivity contribution in [2.75, 3.05) is 0 Å². The van der Waals surface area contributed by atoms with E-state index in [1.165, 1.54) is 44.5 Å². The Hall–Kier alpha value is -3.19. The number of nitrogens with zero attached hydrogens (tertiary/aromatic N) is 1. The van der Waals surface area contributed by atoms with E-state index in [0.29, 0.717) is 0 Å². The molecule has 1 aromatic heterocycles. The van der Waals surface area contributed by atoms with E-state index >= 15 is 0 Å². The molecule has 0 aliphatic carbocycles. The number of aryl methyl sites for hydroxylation is 9. The Balaban J connectivity index is 0.000000220. The van der Waals surface area contributed by atoms with Crippen molar-refractivity contribution in [3.8, 4) is 0 Å². The Morgan fingerprint density at radius 2 is 0.848 bits per heavy atom. The molecule has 0 radical (unpaired) electrons. The minimum atomic E-state index is 1.08. The van der Waals surface area contributed by atoms with Gasteiger partial charge in [0.15, 0.2) is 0 Å². The highest BCUT2D eigenvalue weighted by atomic mass is 14.6. The molecule has 0 aliphatic heterocycles. The first-order chi connectivity index (χ1) is 15.6. The molecule has 1 nitrogen and oxygen atoms in total. The van der Waals surface area contributed by atoms with Gasteiger partial charge >= 0.3 is 0 Å². The van der Waals surface area contributed by atoms with Gasteiger partial charge in [0.25, 0.3) is 0 Å². The number of benzene rings is 3. The molecule has 0 amide bonds. The molecule has 0 unspecified atom stereocenters. The Labute approximate surface area is 202 Å². The molecule has 0 fully saturated rings. The Bertz CT molecular complexity index is 972. The topological polar surface area (TPSA) is 12.9 Å². The summed E-state index contributed by atoms with van der Waals surface area (Å²) in [7, 11) is 0. The zero-order chi connectivity index (χ0) is 24.8. The van der Waals surface area contributed by atoms with Gasteiger partial charge in [0.1, 0.15) is 0 Å². The summed E-state index contributed by atoms with van der Waals surface area (Å²) in [4.78, 5) is 4.08. The van der Waals surface area contributed by atoms with E-state index in [4.69, 9.17) is 0 Å². The fourth-order valence-electron chi connectivity index (χ4n) is 2.88. The molecular weight excluding hydrogens is 398 g/mol. The standard InChI is InChI=1S/C9H12.2C8H10.C7H9N/c1-7-4-5-8(2)9(3)6-7;1-7-3-5-8(2)6-4-7;1-7-4-3-5-8(2)6-7;1-6-3-4-7(2)8-5-6/h4-6H,1-3H3;2*3-6H,1-2H3;3-5H,1-2H3. The normalized spacial score (nSPS) is 9.36. The minimum Gasteiger partial charge on any atom is -0.261 e. The first-order valence-corrected chi connectivity index (χ1v) is 11.6. The van der Waals surface area contributed by atoms with Gasteiger partial charge in [-0.3, -0.25) is 4.98 Å². The van der Waals surface area contributed by atoms with Gasteiger partial charge in [-0.1, -0.05) is 101 Å². The molecule has 0 bridgehead atoms. The molecular formula is C32H41N. The van der Waals surface area contributed by atoms with Crippen molar-refractivity contribution in [1.29, 1.82) is 0 Å². The van der Waals surface area contributed by atoms with Crippen LogP contribution in [0.5, 0.6) is 0 Å². The van der Waals surface area contributed by atoms with Gasteiger partial charge in [0.05, 0.1) is 0 Å². The third-order valence-electron chi connectivity index (χ3n) is 5.11. The molecule has 0 spiro atoms. The molecule has 1 heterocycles. The largest absolute Gasteiger partial charge is 0.261 e. The molecule has 0 saturated carbocycles. The van der Waals surface area contributed by atoms with E-state index in [2.05, 4.69) is 126 Å². The van der Waals surface area contributed by atoms with Crippen molar-refractivity contribution in [3.63, 3.8) is 0 Å². The lowest BCUT2D eigenvalue weighted by Gasteiger charge is -1.98. The van der Waals surface area contributed by atoms with E-state index < -0.39 is 0 Å². The van der Waals surface area contributed by atoms with Crippen LogP contribution in [0.25, 0.3) is 0 Å². The van der Waals surface area contributed by atoms with Crippen LogP contribution in [0.4, 0.5) is 0 Å². The highest BCUT2D eigenvalue weighted by Crippen LogP contribution is 2.07. The van der Waals surface area contributed by atoms with Crippen LogP contribution in [-0.4, -0.2) is 4.98 Å². The molecule has 3 aromatic carbocycles. The molecule has 4 aromatic rings. The zero-order valence-electron chi connectivity index (χ0n) is 22.0. The second-order valence-electron chi connectivity index (χ2n) is 8.88. The first-order valence-electron chi connectivity index (χ1n) is 11.6. The van der Waals surface area contributed by atoms with Crippen molar-refractivity contribution in [2.24, 2.45) is 0 Å². The lowest BCUT2D eigenvalue weighted by Crippen LogP contribution is -1.79. The predicted molar refractivity (Wildman–Crippen MR) is 146 cm³/mol. The van der Waals surface area contributed by atoms with E-state index in [1.807, 2.05) is 26.1 Å². The number of rotatable bonds is 0. The summed E-state index contributed by atoms with van der Waals surface area (Å²) in [5.41, 5.74) is 11.7. The summed E-state index contributed by atoms with van der Waals surface area (Å²) in [6.07, 6.45) is 1.87. The van der Waals surface area contributed by atoms with E-state index in [0.717, 1.165) is 5.69 Å². The van der Waals surface area contributed by atoms with Gasteiger partial charge in [0, 0.05) is 11.9 Å². The molecule has 174 valence electrons. The molecule has 4 rings (SSSR count). The summed E-state index contributed by atoms with van der Waals surface area (Å²) in [6.45, 7) is 18.8. The van der Waals surface area contributed by atoms with E-state index in [-0.39, 0.29) is 0 Å². The van der Waals surface area contributed by atoms with Gasteiger partial charge < -0.3 is 0 Å². The third-order valence-corrected chi connectivity index (χ3v) is 5.11. The van der Waals surface area contributed by atoms with Gasteiger partial charge in [0.2, 0.25) is 0 Å². The Kier molecular flexibility index (Phi) is 12.5. The summed E-state index contributed by atoms with van der Waals surface area (Å²) in [6, 6.07) is 27.5. The summed E-state index contributed by atoms with van der Waals surface area (Å²) < 4.78 is 0. The van der Waals surface area contributed by atoms with Gasteiger partial charge in [-0.05, 0) is 85.1 Å². The predicted octanol–water partition coefficient (Wildman–Crippen LogP) is 8.92. The lowest BCUT2D eigenvalue weighted by molar-refractivity contribution is 1.17. The van der Waals surface area contributed by atoms with Crippen LogP contribution in [0.15, 0.2) is 85.1 Å². The van der Waals surface area contributed by atoms with Crippen LogP contribution in [0.1, 0.15) is 50.2 Å². The Morgan fingerprint density at radius 3 is 1.18 bits per heavy atom. The summed E-state index contributed by atoms with van der Waals surface area (Å²) in [5.74, 6) is 0. The minimum absolute atomic E-state index is 1.08. The number of aromatic nitrogens is 1. The average molecular weight is 440 g/mol. The maximum atomic E-state index is 4.08. The zero-order valence-corrected chi connectivity index (χ0v) is 22.0. The lowest BCUT2D eigenvalue weighted by atomic mass is 10.1. The monoisotopic (exact) mass is 439 g/mol. The average Bonchev–Trinajstić information content (AvgIpc) is 2.76. The van der Waals surface area contributed by atoms with Crippen LogP contribution < -0.4 is 0 Å². The van der Waals surface area contributed by atoms with Crippen LogP contribution in [-0.2, 0) is 0 Å². The number of hydrogen-bond acceptors (Lipinski definition) is 1. The van der Waals surface area contributed by atoms with Crippen LogP contribution in [0.3, 0.4) is 0 Å². The highest BCUT2D eigenvalue weighted by Gasteiger charge is 1.89. The summed E-state index contributed by atoms with van der Waals surface area (Å²) in [5, 5.41) is 0. The number of hydrogen-bond donors (Lipinski definition) is 0. The van der Waals surface area contributed by atoms with E-state index in [9.17, 15) is 0 Å². The second kappa shape index (κ2) is 14.8. The fraction of sp³-hybridized carbons (Fsp3) is 0.281. The molecule has 0 atom stereocenters. The van der Waals surface area contributed by atoms with Gasteiger partial charge in [-0.2, -0.15) is 0 Å². The van der Waals surface area contributed by atoms with Crippen LogP contribution >= 0.6 is 0 Å². The van der Waals surface area contributed by atoms with Crippen molar-refractivity contribution in [3.05, 3.63) is 135 Å². The van der Waals surface area contributed by atoms with E-state index in [1.54, 1.807) is 0 Å². The summed E-state index contributed by atoms with van der Waals surface area (Å²) >= 11 is 0. The maximum Gasteiger partial charge on any atom is 0.0372 e. The maximum absolute atomic E-state index is 4.08. The van der Waals surface area contributed by atoms with Gasteiger partial charge in [-0.15, -0.1) is 0 Å². The van der Waals surface area contributed by atoms with Gasteiger partial charge in [-0.25, -0.2) is 0 Å². The van der Waals surface area contributed by atoms with Crippen molar-refractivity contribution < 1.29 is 0 Å². The smallest absolute Gasteiger partial charge is 0.0372 e.